The van der Waals surface area contributed by atoms with Gasteiger partial charge in [-0.2, -0.15) is 0 Å². The van der Waals surface area contributed by atoms with Crippen molar-refractivity contribution in [3.63, 3.8) is 0 Å². The van der Waals surface area contributed by atoms with Crippen molar-refractivity contribution in [2.75, 3.05) is 0 Å². The maximum atomic E-state index is 12.9. The first-order valence-electron chi connectivity index (χ1n) is 6.71. The van der Waals surface area contributed by atoms with E-state index in [4.69, 9.17) is 4.42 Å². The van der Waals surface area contributed by atoms with Crippen LogP contribution in [0.25, 0.3) is 11.0 Å². The summed E-state index contributed by atoms with van der Waals surface area (Å²) in [7, 11) is -3.59. The predicted molar refractivity (Wildman–Crippen MR) is 82.3 cm³/mol. The number of hydrogen-bond acceptors (Lipinski definition) is 3. The van der Waals surface area contributed by atoms with Crippen molar-refractivity contribution in [3.05, 3.63) is 59.4 Å². The minimum Gasteiger partial charge on any atom is -0.460 e. The Bertz CT molecular complexity index is 934. The molecule has 0 saturated carbocycles. The Balaban J connectivity index is 2.33. The Morgan fingerprint density at radius 2 is 1.62 bits per heavy atom. The van der Waals surface area contributed by atoms with Gasteiger partial charge in [0.2, 0.25) is 9.84 Å². The molecule has 0 aliphatic rings. The largest absolute Gasteiger partial charge is 0.460 e. The van der Waals surface area contributed by atoms with Gasteiger partial charge in [0.15, 0.2) is 0 Å². The van der Waals surface area contributed by atoms with Crippen LogP contribution >= 0.6 is 0 Å². The lowest BCUT2D eigenvalue weighted by molar-refractivity contribution is 0.557. The van der Waals surface area contributed by atoms with Crippen LogP contribution in [0.15, 0.2) is 56.7 Å². The SMILES string of the molecule is Cc1cccc(S(=O)(=O)c2c(C)oc3ccc(C)cc23)c1. The number of furan rings is 1. The van der Waals surface area contributed by atoms with Gasteiger partial charge in [-0.25, -0.2) is 8.42 Å². The summed E-state index contributed by atoms with van der Waals surface area (Å²) in [6.07, 6.45) is 0. The number of hydrogen-bond donors (Lipinski definition) is 0. The van der Waals surface area contributed by atoms with Gasteiger partial charge in [0.25, 0.3) is 0 Å². The molecule has 0 atom stereocenters. The molecule has 21 heavy (non-hydrogen) atoms. The third-order valence-corrected chi connectivity index (χ3v) is 5.45. The average Bonchev–Trinajstić information content (AvgIpc) is 2.74. The zero-order valence-corrected chi connectivity index (χ0v) is 13.0. The van der Waals surface area contributed by atoms with Gasteiger partial charge in [-0.3, -0.25) is 0 Å². The summed E-state index contributed by atoms with van der Waals surface area (Å²) >= 11 is 0. The minimum absolute atomic E-state index is 0.270. The first kappa shape index (κ1) is 13.9. The zero-order chi connectivity index (χ0) is 15.2. The van der Waals surface area contributed by atoms with Gasteiger partial charge in [-0.15, -0.1) is 0 Å². The Labute approximate surface area is 124 Å². The van der Waals surface area contributed by atoms with Crippen LogP contribution in [-0.2, 0) is 9.84 Å². The van der Waals surface area contributed by atoms with E-state index in [-0.39, 0.29) is 4.90 Å². The standard InChI is InChI=1S/C17H16O3S/c1-11-5-4-6-14(9-11)21(18,19)17-13(3)20-16-8-7-12(2)10-15(16)17/h4-10H,1-3H3. The van der Waals surface area contributed by atoms with E-state index in [1.807, 2.05) is 38.1 Å². The Morgan fingerprint density at radius 3 is 2.33 bits per heavy atom. The second kappa shape index (κ2) is 4.74. The highest BCUT2D eigenvalue weighted by Crippen LogP contribution is 2.34. The molecule has 0 aliphatic heterocycles. The summed E-state index contributed by atoms with van der Waals surface area (Å²) in [5.74, 6) is 0.428. The second-order valence-electron chi connectivity index (χ2n) is 5.31. The lowest BCUT2D eigenvalue weighted by atomic mass is 10.2. The lowest BCUT2D eigenvalue weighted by Crippen LogP contribution is -2.03. The number of fused-ring (bicyclic) bond motifs is 1. The van der Waals surface area contributed by atoms with Crippen molar-refractivity contribution in [1.29, 1.82) is 0 Å². The fraction of sp³-hybridized carbons (Fsp3) is 0.176. The van der Waals surface area contributed by atoms with Crippen molar-refractivity contribution < 1.29 is 12.8 Å². The highest BCUT2D eigenvalue weighted by Gasteiger charge is 2.26. The highest BCUT2D eigenvalue weighted by atomic mass is 32.2. The smallest absolute Gasteiger partial charge is 0.210 e. The van der Waals surface area contributed by atoms with Crippen molar-refractivity contribution in [1.82, 2.24) is 0 Å². The van der Waals surface area contributed by atoms with E-state index in [1.165, 1.54) is 0 Å². The Morgan fingerprint density at radius 1 is 0.905 bits per heavy atom. The molecule has 0 unspecified atom stereocenters. The van der Waals surface area contributed by atoms with Crippen molar-refractivity contribution in [3.8, 4) is 0 Å². The van der Waals surface area contributed by atoms with Crippen molar-refractivity contribution in [2.24, 2.45) is 0 Å². The van der Waals surface area contributed by atoms with Crippen molar-refractivity contribution in [2.45, 2.75) is 30.6 Å². The van der Waals surface area contributed by atoms with Crippen LogP contribution in [0, 0.1) is 20.8 Å². The van der Waals surface area contributed by atoms with E-state index in [2.05, 4.69) is 0 Å². The van der Waals surface area contributed by atoms with E-state index in [0.717, 1.165) is 11.1 Å². The molecule has 2 aromatic carbocycles. The number of sulfone groups is 1. The number of benzene rings is 2. The zero-order valence-electron chi connectivity index (χ0n) is 12.2. The van der Waals surface area contributed by atoms with Crippen LogP contribution in [-0.4, -0.2) is 8.42 Å². The molecule has 0 amide bonds. The molecular weight excluding hydrogens is 284 g/mol. The van der Waals surface area contributed by atoms with Gasteiger partial charge in [-0.05, 0) is 50.6 Å². The van der Waals surface area contributed by atoms with Crippen molar-refractivity contribution >= 4 is 20.8 Å². The van der Waals surface area contributed by atoms with Gasteiger partial charge in [0, 0.05) is 5.39 Å². The quantitative estimate of drug-likeness (QED) is 0.713. The Hall–Kier alpha value is -2.07. The summed E-state index contributed by atoms with van der Waals surface area (Å²) in [6.45, 7) is 5.51. The predicted octanol–water partition coefficient (Wildman–Crippen LogP) is 4.19. The third kappa shape index (κ3) is 2.25. The van der Waals surface area contributed by atoms with Crippen LogP contribution in [0.3, 0.4) is 0 Å². The Kier molecular flexibility index (Phi) is 3.14. The summed E-state index contributed by atoms with van der Waals surface area (Å²) in [6, 6.07) is 12.5. The topological polar surface area (TPSA) is 47.3 Å². The van der Waals surface area contributed by atoms with Crippen LogP contribution in [0.4, 0.5) is 0 Å². The van der Waals surface area contributed by atoms with Crippen LogP contribution in [0.1, 0.15) is 16.9 Å². The van der Waals surface area contributed by atoms with E-state index >= 15 is 0 Å². The fourth-order valence-corrected chi connectivity index (χ4v) is 4.25. The molecule has 3 aromatic rings. The van der Waals surface area contributed by atoms with Gasteiger partial charge in [0.1, 0.15) is 16.2 Å². The summed E-state index contributed by atoms with van der Waals surface area (Å²) < 4.78 is 31.5. The fourth-order valence-electron chi connectivity index (χ4n) is 2.55. The molecule has 4 heteroatoms. The minimum atomic E-state index is -3.59. The average molecular weight is 300 g/mol. The van der Waals surface area contributed by atoms with Crippen LogP contribution < -0.4 is 0 Å². The first-order chi connectivity index (χ1) is 9.89. The van der Waals surface area contributed by atoms with Gasteiger partial charge >= 0.3 is 0 Å². The second-order valence-corrected chi connectivity index (χ2v) is 7.19. The number of aryl methyl sites for hydroxylation is 3. The first-order valence-corrected chi connectivity index (χ1v) is 8.19. The van der Waals surface area contributed by atoms with Gasteiger partial charge < -0.3 is 4.42 Å². The molecule has 0 N–H and O–H groups in total. The van der Waals surface area contributed by atoms with E-state index in [1.54, 1.807) is 25.1 Å². The molecule has 0 saturated heterocycles. The van der Waals surface area contributed by atoms with E-state index in [0.29, 0.717) is 21.6 Å². The molecule has 1 heterocycles. The van der Waals surface area contributed by atoms with Crippen LogP contribution in [0.5, 0.6) is 0 Å². The molecule has 3 nitrogen and oxygen atoms in total. The molecule has 0 radical (unpaired) electrons. The van der Waals surface area contributed by atoms with E-state index < -0.39 is 9.84 Å². The molecule has 0 aliphatic carbocycles. The maximum absolute atomic E-state index is 12.9. The van der Waals surface area contributed by atoms with Crippen LogP contribution in [0.2, 0.25) is 0 Å². The molecule has 3 rings (SSSR count). The molecule has 0 bridgehead atoms. The molecular formula is C17H16O3S. The molecule has 0 spiro atoms. The van der Waals surface area contributed by atoms with E-state index in [9.17, 15) is 8.42 Å². The van der Waals surface area contributed by atoms with Gasteiger partial charge in [0.05, 0.1) is 4.90 Å². The molecule has 0 fully saturated rings. The third-order valence-electron chi connectivity index (χ3n) is 3.53. The maximum Gasteiger partial charge on any atom is 0.210 e. The number of rotatable bonds is 2. The highest BCUT2D eigenvalue weighted by molar-refractivity contribution is 7.91. The normalized spacial score (nSPS) is 12.0. The monoisotopic (exact) mass is 300 g/mol. The lowest BCUT2D eigenvalue weighted by Gasteiger charge is -2.05. The van der Waals surface area contributed by atoms with Gasteiger partial charge in [-0.1, -0.05) is 23.8 Å². The summed E-state index contributed by atoms with van der Waals surface area (Å²) in [4.78, 5) is 0.571. The molecule has 1 aromatic heterocycles. The summed E-state index contributed by atoms with van der Waals surface area (Å²) in [5.41, 5.74) is 2.52. The molecule has 108 valence electrons. The summed E-state index contributed by atoms with van der Waals surface area (Å²) in [5, 5.41) is 0.647.